The molecule has 4 rings (SSSR count). The number of nitrogens with one attached hydrogen (secondary N) is 2. The Morgan fingerprint density at radius 1 is 0.816 bits per heavy atom. The minimum Gasteiger partial charge on any atom is -0.459 e. The van der Waals surface area contributed by atoms with Crippen LogP contribution in [0.1, 0.15) is 34.6 Å². The smallest absolute Gasteiger partial charge is 0.338 e. The summed E-state index contributed by atoms with van der Waals surface area (Å²) >= 11 is 18.2. The summed E-state index contributed by atoms with van der Waals surface area (Å²) < 4.78 is 5.19. The predicted octanol–water partition coefficient (Wildman–Crippen LogP) is 6.25. The van der Waals surface area contributed by atoms with Gasteiger partial charge in [0.2, 0.25) is 0 Å². The van der Waals surface area contributed by atoms with E-state index in [0.717, 1.165) is 4.90 Å². The van der Waals surface area contributed by atoms with Crippen LogP contribution < -0.4 is 15.5 Å². The molecule has 0 radical (unpaired) electrons. The highest BCUT2D eigenvalue weighted by Gasteiger charge is 2.39. The SMILES string of the molecule is CC(C)OC(=O)c1cccc(NC(=O)c2cccc(NC3=C(Cl)C(=O)N(c4cc(Cl)cc(Cl)c4)C3=O)c2)c1. The fraction of sp³-hybridized carbons (Fsp3) is 0.111. The summed E-state index contributed by atoms with van der Waals surface area (Å²) in [7, 11) is 0. The second kappa shape index (κ2) is 11.3. The molecule has 0 spiro atoms. The number of carbonyl (C=O) groups is 4. The number of ether oxygens (including phenoxy) is 1. The third kappa shape index (κ3) is 5.99. The van der Waals surface area contributed by atoms with E-state index in [2.05, 4.69) is 10.6 Å². The number of hydrogen-bond donors (Lipinski definition) is 2. The Morgan fingerprint density at radius 3 is 2.08 bits per heavy atom. The molecule has 8 nitrogen and oxygen atoms in total. The molecule has 2 N–H and O–H groups in total. The summed E-state index contributed by atoms with van der Waals surface area (Å²) in [6.45, 7) is 3.49. The van der Waals surface area contributed by atoms with Crippen LogP contribution in [0.2, 0.25) is 10.0 Å². The van der Waals surface area contributed by atoms with Crippen molar-refractivity contribution < 1.29 is 23.9 Å². The average Bonchev–Trinajstić information content (AvgIpc) is 3.06. The number of imide groups is 1. The van der Waals surface area contributed by atoms with Gasteiger partial charge in [0.1, 0.15) is 10.7 Å². The van der Waals surface area contributed by atoms with Gasteiger partial charge in [0.05, 0.1) is 17.4 Å². The highest BCUT2D eigenvalue weighted by molar-refractivity contribution is 6.53. The standard InChI is InChI=1S/C27H20Cl3N3O5/c1-14(2)38-27(37)16-6-4-8-20(10-16)32-24(34)15-5-3-7-19(9-15)31-23-22(30)25(35)33(26(23)36)21-12-17(28)11-18(29)13-21/h3-14,31H,1-2H3,(H,32,34). The highest BCUT2D eigenvalue weighted by Crippen LogP contribution is 2.33. The zero-order valence-electron chi connectivity index (χ0n) is 20.1. The Morgan fingerprint density at radius 2 is 1.42 bits per heavy atom. The number of hydrogen-bond acceptors (Lipinski definition) is 6. The molecule has 0 saturated heterocycles. The minimum absolute atomic E-state index is 0.165. The number of rotatable bonds is 7. The molecule has 0 atom stereocenters. The number of amides is 3. The molecule has 1 aliphatic rings. The largest absolute Gasteiger partial charge is 0.459 e. The Labute approximate surface area is 233 Å². The minimum atomic E-state index is -0.748. The summed E-state index contributed by atoms with van der Waals surface area (Å²) in [5.41, 5.74) is 1.28. The van der Waals surface area contributed by atoms with Gasteiger partial charge in [-0.15, -0.1) is 0 Å². The maximum absolute atomic E-state index is 13.1. The molecule has 0 unspecified atom stereocenters. The van der Waals surface area contributed by atoms with Gasteiger partial charge in [-0.05, 0) is 68.4 Å². The topological polar surface area (TPSA) is 105 Å². The van der Waals surface area contributed by atoms with Gasteiger partial charge < -0.3 is 15.4 Å². The average molecular weight is 573 g/mol. The van der Waals surface area contributed by atoms with Gasteiger partial charge in [0.25, 0.3) is 17.7 Å². The monoisotopic (exact) mass is 571 g/mol. The molecule has 0 aromatic heterocycles. The van der Waals surface area contributed by atoms with Crippen molar-refractivity contribution in [3.63, 3.8) is 0 Å². The van der Waals surface area contributed by atoms with E-state index in [9.17, 15) is 19.2 Å². The molecule has 0 bridgehead atoms. The van der Waals surface area contributed by atoms with Crippen molar-refractivity contribution in [3.8, 4) is 0 Å². The van der Waals surface area contributed by atoms with Crippen molar-refractivity contribution in [1.29, 1.82) is 0 Å². The first-order valence-electron chi connectivity index (χ1n) is 11.3. The number of benzene rings is 3. The van der Waals surface area contributed by atoms with Gasteiger partial charge >= 0.3 is 5.97 Å². The fourth-order valence-electron chi connectivity index (χ4n) is 3.61. The van der Waals surface area contributed by atoms with Crippen LogP contribution in [0.15, 0.2) is 77.5 Å². The van der Waals surface area contributed by atoms with Crippen LogP contribution in [0.5, 0.6) is 0 Å². The maximum atomic E-state index is 13.1. The van der Waals surface area contributed by atoms with E-state index in [-0.39, 0.29) is 38.1 Å². The van der Waals surface area contributed by atoms with Crippen LogP contribution in [0.4, 0.5) is 17.1 Å². The van der Waals surface area contributed by atoms with Crippen LogP contribution in [0, 0.1) is 0 Å². The fourth-order valence-corrected chi connectivity index (χ4v) is 4.33. The summed E-state index contributed by atoms with van der Waals surface area (Å²) in [6.07, 6.45) is -0.281. The lowest BCUT2D eigenvalue weighted by Gasteiger charge is -2.16. The molecular formula is C27H20Cl3N3O5. The van der Waals surface area contributed by atoms with E-state index in [1.165, 1.54) is 30.3 Å². The third-order valence-electron chi connectivity index (χ3n) is 5.23. The van der Waals surface area contributed by atoms with Crippen LogP contribution in [0.25, 0.3) is 0 Å². The second-order valence-electron chi connectivity index (χ2n) is 8.46. The summed E-state index contributed by atoms with van der Waals surface area (Å²) in [6, 6.07) is 16.9. The van der Waals surface area contributed by atoms with Crippen molar-refractivity contribution >= 4 is 75.6 Å². The quantitative estimate of drug-likeness (QED) is 0.256. The first kappa shape index (κ1) is 27.2. The molecule has 0 fully saturated rings. The molecule has 3 aromatic carbocycles. The number of nitrogens with zero attached hydrogens (tertiary/aromatic N) is 1. The lowest BCUT2D eigenvalue weighted by Crippen LogP contribution is -2.32. The number of halogens is 3. The van der Waals surface area contributed by atoms with E-state index in [1.807, 2.05) is 0 Å². The number of carbonyl (C=O) groups excluding carboxylic acids is 4. The van der Waals surface area contributed by atoms with E-state index >= 15 is 0 Å². The zero-order valence-corrected chi connectivity index (χ0v) is 22.3. The molecule has 0 saturated carbocycles. The molecule has 194 valence electrons. The van der Waals surface area contributed by atoms with Gasteiger partial charge in [-0.25, -0.2) is 9.69 Å². The van der Waals surface area contributed by atoms with Gasteiger partial charge in [-0.2, -0.15) is 0 Å². The Balaban J connectivity index is 1.51. The lowest BCUT2D eigenvalue weighted by atomic mass is 10.1. The second-order valence-corrected chi connectivity index (χ2v) is 9.71. The van der Waals surface area contributed by atoms with Gasteiger partial charge in [0, 0.05) is 27.0 Å². The highest BCUT2D eigenvalue weighted by atomic mass is 35.5. The predicted molar refractivity (Wildman–Crippen MR) is 147 cm³/mol. The van der Waals surface area contributed by atoms with Crippen molar-refractivity contribution in [1.82, 2.24) is 0 Å². The number of esters is 1. The van der Waals surface area contributed by atoms with Crippen LogP contribution in [0.3, 0.4) is 0 Å². The molecule has 3 aromatic rings. The van der Waals surface area contributed by atoms with Crippen molar-refractivity contribution in [2.75, 3.05) is 15.5 Å². The van der Waals surface area contributed by atoms with Gasteiger partial charge in [-0.1, -0.05) is 46.9 Å². The summed E-state index contributed by atoms with van der Waals surface area (Å²) in [5, 5.41) is 5.71. The Bertz CT molecular complexity index is 1480. The maximum Gasteiger partial charge on any atom is 0.338 e. The molecule has 1 aliphatic heterocycles. The lowest BCUT2D eigenvalue weighted by molar-refractivity contribution is -0.120. The van der Waals surface area contributed by atoms with Crippen LogP contribution in [-0.4, -0.2) is 29.8 Å². The van der Waals surface area contributed by atoms with Crippen LogP contribution in [-0.2, 0) is 14.3 Å². The molecular weight excluding hydrogens is 553 g/mol. The Hall–Kier alpha value is -3.85. The molecule has 3 amide bonds. The molecule has 38 heavy (non-hydrogen) atoms. The zero-order chi connectivity index (χ0) is 27.6. The van der Waals surface area contributed by atoms with Gasteiger partial charge in [-0.3, -0.25) is 14.4 Å². The normalized spacial score (nSPS) is 13.3. The van der Waals surface area contributed by atoms with Gasteiger partial charge in [0.15, 0.2) is 0 Å². The van der Waals surface area contributed by atoms with Crippen molar-refractivity contribution in [2.24, 2.45) is 0 Å². The molecule has 1 heterocycles. The number of anilines is 3. The summed E-state index contributed by atoms with van der Waals surface area (Å²) in [5.74, 6) is -2.43. The van der Waals surface area contributed by atoms with E-state index < -0.39 is 23.7 Å². The third-order valence-corrected chi connectivity index (χ3v) is 6.01. The molecule has 11 heteroatoms. The van der Waals surface area contributed by atoms with E-state index in [0.29, 0.717) is 16.9 Å². The Kier molecular flexibility index (Phi) is 8.06. The first-order valence-corrected chi connectivity index (χ1v) is 12.4. The van der Waals surface area contributed by atoms with E-state index in [4.69, 9.17) is 39.5 Å². The van der Waals surface area contributed by atoms with Crippen molar-refractivity contribution in [3.05, 3.63) is 98.6 Å². The van der Waals surface area contributed by atoms with Crippen LogP contribution >= 0.6 is 34.8 Å². The summed E-state index contributed by atoms with van der Waals surface area (Å²) in [4.78, 5) is 51.7. The molecule has 0 aliphatic carbocycles. The van der Waals surface area contributed by atoms with Crippen molar-refractivity contribution in [2.45, 2.75) is 20.0 Å². The first-order chi connectivity index (χ1) is 18.0. The van der Waals surface area contributed by atoms with E-state index in [1.54, 1.807) is 50.2 Å².